The van der Waals surface area contributed by atoms with Crippen molar-refractivity contribution in [1.82, 2.24) is 99.7 Å². The van der Waals surface area contributed by atoms with Crippen molar-refractivity contribution < 1.29 is 156 Å². The molecule has 12 saturated heterocycles. The van der Waals surface area contributed by atoms with Crippen molar-refractivity contribution in [1.29, 1.82) is 0 Å². The first-order valence-corrected chi connectivity index (χ1v) is 56.1. The Morgan fingerprint density at radius 2 is 0.633 bits per heavy atom. The third-order valence-corrected chi connectivity index (χ3v) is 33.7. The Balaban J connectivity index is 0.605. The third kappa shape index (κ3) is 27.4. The van der Waals surface area contributed by atoms with Gasteiger partial charge in [-0.3, -0.25) is 57.5 Å². The van der Waals surface area contributed by atoms with Crippen molar-refractivity contribution in [3.8, 4) is 0 Å². The van der Waals surface area contributed by atoms with Crippen molar-refractivity contribution in [2.45, 2.75) is 327 Å². The molecule has 11 amide bonds. The number of aryl methyl sites for hydroxylation is 1. The number of ether oxygens (including phenoxy) is 9. The van der Waals surface area contributed by atoms with E-state index in [1.54, 1.807) is 6.92 Å². The second-order valence-electron chi connectivity index (χ2n) is 40.6. The highest BCUT2D eigenvalue weighted by Gasteiger charge is 2.55. The maximum Gasteiger partial charge on any atom is 0.246 e. The Morgan fingerprint density at radius 3 is 0.987 bits per heavy atom. The van der Waals surface area contributed by atoms with Crippen molar-refractivity contribution >= 4 is 106 Å². The average molecular weight is 2170 g/mol. The molecule has 0 aromatic carbocycles. The quantitative estimate of drug-likeness (QED) is 0.0276. The molecule has 13 N–H and O–H groups in total. The molecule has 0 aliphatic carbocycles. The van der Waals surface area contributed by atoms with Gasteiger partial charge in [0.25, 0.3) is 0 Å². The number of aromatic nitrogens is 9. The summed E-state index contributed by atoms with van der Waals surface area (Å²) in [5, 5.41) is 143. The first-order valence-electron chi connectivity index (χ1n) is 52.6. The molecule has 3 aromatic heterocycles. The molecule has 55 heteroatoms. The zero-order valence-electron chi connectivity index (χ0n) is 84.2. The molecule has 12 fully saturated rings. The molecule has 15 unspecified atom stereocenters. The Morgan fingerprint density at radius 1 is 0.333 bits per heavy atom. The smallest absolute Gasteiger partial charge is 0.246 e. The topological polar surface area (TPSA) is 656 Å². The monoisotopic (exact) mass is 2170 g/mol. The van der Waals surface area contributed by atoms with Gasteiger partial charge in [-0.05, 0) is 114 Å². The Labute approximate surface area is 878 Å². The number of carbonyl (C=O) groups excluding carboxylic acids is 12. The summed E-state index contributed by atoms with van der Waals surface area (Å²) >= 11 is 4.51. The van der Waals surface area contributed by atoms with E-state index in [0.29, 0.717) is 104 Å². The van der Waals surface area contributed by atoms with Gasteiger partial charge in [-0.2, -0.15) is 35.3 Å². The number of Topliss-reactive ketones (excluding diaryl/α,β-unsaturated/α-hetero) is 1. The minimum absolute atomic E-state index is 0.0111. The minimum Gasteiger partial charge on any atom is -0.394 e. The standard InChI is InChI=1S/C95H144N20O32S3/c1-54-71(51-116)145-93(82(128)77(54)123)142-28-34-148-31-8-25-139-58-38-68-91(137)111-23-6-15-65(111)88(134)108-20-3-12-62(108)85(131)97-41-57-44-106(103-100-57)50-76(122)115-47-60(141-27-10-33-150-36-30-144-95-84(130)81(127)79(125)73(53-118)147-95)39-69(115)92(138)112-24-7-16-66(112)89(135)109-21-4-13-63(109)86(132)96-40-56-43-105(102-99-56)49-75(121)114-46-59(140-26-9-32-149-35-29-143-94-83(129)80(126)78(124)72(52-117)146-94)37-67(114)90(136)110-22-5-14-64(110)87(133)107-19-2-11-61(107)70(119)18-17-55-42-104(101-98-55)48-74(120)113(68)45-58/h42-44,54,58-69,71-73,77-84,93-95,116-118,123-130H,2-41,45-53H2,1H3,(H,96,132)(H,97,131)/t54?,58-,59-,60-,61+,62+,63+,64+,65+,66+,67+,68+,69+,71?,72?,73?,77?,78?,79?,80?,81?,82?,83?,84?,93?,94?,95?/m1/s1. The van der Waals surface area contributed by atoms with Crippen LogP contribution < -0.4 is 10.6 Å². The van der Waals surface area contributed by atoms with E-state index in [-0.39, 0.29) is 206 Å². The van der Waals surface area contributed by atoms with Gasteiger partial charge in [-0.15, -0.1) is 15.3 Å². The highest BCUT2D eigenvalue weighted by Crippen LogP contribution is 2.38. The summed E-state index contributed by atoms with van der Waals surface area (Å²) in [6.45, 7) is 0.496. The molecule has 0 saturated carbocycles. The van der Waals surface area contributed by atoms with E-state index in [1.807, 2.05) is 0 Å². The van der Waals surface area contributed by atoms with Gasteiger partial charge in [0.2, 0.25) is 65.0 Å². The SMILES string of the molecule is CC1C(CO)OC(OCCSCCCO[C@@H]2C[C@H]3C(=O)N4CCC[C@H]4C(=O)N4CCC[C@H]4C(=O)NCc4cn(nn4)CC(=O)N4C[C@H](OCCCSCCOC5OC(CO)C(O)C(O)C5O)C[C@H]4C(=O)N4CCC[C@H]4C(=O)N4CCC[C@H]4C(=O)NCc4cn(nn4)CC(=O)N4C[C@H](OCCCSCCOC5OC(CO)C(O)C(O)C5O)C[C@H]4C(=O)N4CCC[C@H]4C(=O)N4CCC[C@H]4C(=O)CCc4cn(nn4)CC(=O)N3C2)C(O)C1O. The van der Waals surface area contributed by atoms with Crippen LogP contribution in [0.15, 0.2) is 18.6 Å². The fraction of sp³-hybridized carbons (Fsp3) is 0.811. The van der Waals surface area contributed by atoms with Gasteiger partial charge in [0.05, 0.1) is 107 Å². The number of hydrogen-bond acceptors (Lipinski definition) is 41. The van der Waals surface area contributed by atoms with Crippen molar-refractivity contribution in [2.24, 2.45) is 5.92 Å². The van der Waals surface area contributed by atoms with Gasteiger partial charge >= 0.3 is 0 Å². The summed E-state index contributed by atoms with van der Waals surface area (Å²) in [6.07, 6.45) is -9.93. The first kappa shape index (κ1) is 114. The Hall–Kier alpha value is -8.49. The molecular formula is C95H144N20O32S3. The van der Waals surface area contributed by atoms with Crippen LogP contribution in [-0.4, -0.2) is 528 Å². The van der Waals surface area contributed by atoms with Gasteiger partial charge in [0, 0.05) is 140 Å². The fourth-order valence-corrected chi connectivity index (χ4v) is 24.7. The molecule has 0 spiro atoms. The number of fused-ring (bicyclic) bond motifs is 15. The summed E-state index contributed by atoms with van der Waals surface area (Å²) in [7, 11) is 0. The van der Waals surface area contributed by atoms with Crippen molar-refractivity contribution in [3.63, 3.8) is 0 Å². The lowest BCUT2D eigenvalue weighted by Crippen LogP contribution is -2.59. The van der Waals surface area contributed by atoms with Crippen LogP contribution in [0.4, 0.5) is 0 Å². The van der Waals surface area contributed by atoms with Crippen molar-refractivity contribution in [2.75, 3.05) is 153 Å². The summed E-state index contributed by atoms with van der Waals surface area (Å²) in [5.41, 5.74) is 0.842. The van der Waals surface area contributed by atoms with Crippen LogP contribution >= 0.6 is 35.3 Å². The van der Waals surface area contributed by atoms with Gasteiger partial charge in [0.15, 0.2) is 24.7 Å². The van der Waals surface area contributed by atoms with Crippen molar-refractivity contribution in [3.05, 3.63) is 35.7 Å². The molecule has 13 aliphatic heterocycles. The lowest BCUT2D eigenvalue weighted by atomic mass is 9.91. The predicted octanol–water partition coefficient (Wildman–Crippen LogP) is -7.39. The summed E-state index contributed by atoms with van der Waals surface area (Å²) in [4.78, 5) is 193. The normalized spacial score (nSPS) is 33.9. The van der Waals surface area contributed by atoms with E-state index in [9.17, 15) is 84.9 Å². The number of hydrogen-bond donors (Lipinski definition) is 13. The number of ketones is 1. The van der Waals surface area contributed by atoms with E-state index < -0.39 is 256 Å². The van der Waals surface area contributed by atoms with E-state index in [2.05, 4.69) is 41.6 Å². The fourth-order valence-electron chi connectivity index (χ4n) is 22.5. The number of aliphatic hydroxyl groups is 11. The maximum absolute atomic E-state index is 15.4. The number of nitrogens with one attached hydrogen (secondary N) is 2. The Kier molecular flexibility index (Phi) is 40.9. The molecule has 13 aliphatic rings. The molecular weight excluding hydrogens is 2030 g/mol. The second kappa shape index (κ2) is 53.8. The molecule has 3 aromatic rings. The number of amides is 11. The van der Waals surface area contributed by atoms with Crippen LogP contribution in [0, 0.1) is 5.92 Å². The van der Waals surface area contributed by atoms with Crippen LogP contribution in [-0.2, 0) is 139 Å². The number of nitrogens with zero attached hydrogens (tertiary/aromatic N) is 18. The molecule has 6 bridgehead atoms. The molecule has 0 radical (unpaired) electrons. The van der Waals surface area contributed by atoms with Gasteiger partial charge in [-0.25, -0.2) is 14.0 Å². The van der Waals surface area contributed by atoms with Crippen LogP contribution in [0.3, 0.4) is 0 Å². The maximum atomic E-state index is 15.4. The minimum atomic E-state index is -1.60. The number of aliphatic hydroxyl groups excluding tert-OH is 11. The van der Waals surface area contributed by atoms with E-state index in [4.69, 9.17) is 42.6 Å². The van der Waals surface area contributed by atoms with E-state index in [0.717, 1.165) is 0 Å². The number of thioether (sulfide) groups is 3. The van der Waals surface area contributed by atoms with E-state index >= 15 is 28.8 Å². The molecule has 16 heterocycles. The van der Waals surface area contributed by atoms with Gasteiger partial charge in [-0.1, -0.05) is 22.6 Å². The van der Waals surface area contributed by atoms with Crippen LogP contribution in [0.2, 0.25) is 0 Å². The largest absolute Gasteiger partial charge is 0.394 e. The zero-order valence-corrected chi connectivity index (χ0v) is 86.7. The predicted molar refractivity (Wildman–Crippen MR) is 523 cm³/mol. The zero-order chi connectivity index (χ0) is 106. The lowest BCUT2D eigenvalue weighted by molar-refractivity contribution is -0.299. The summed E-state index contributed by atoms with van der Waals surface area (Å²) in [5.74, 6) is -3.17. The molecule has 16 rings (SSSR count). The molecule has 52 nitrogen and oxygen atoms in total. The first-order chi connectivity index (χ1) is 72.5. The van der Waals surface area contributed by atoms with Crippen LogP contribution in [0.5, 0.6) is 0 Å². The summed E-state index contributed by atoms with van der Waals surface area (Å²) in [6, 6.07) is -9.14. The second-order valence-corrected chi connectivity index (χ2v) is 44.3. The summed E-state index contributed by atoms with van der Waals surface area (Å²) < 4.78 is 56.8. The van der Waals surface area contributed by atoms with Gasteiger partial charge < -0.3 is 154 Å². The van der Waals surface area contributed by atoms with Crippen LogP contribution in [0.25, 0.3) is 0 Å². The third-order valence-electron chi connectivity index (χ3n) is 30.6. The highest BCUT2D eigenvalue weighted by molar-refractivity contribution is 7.99. The highest BCUT2D eigenvalue weighted by atomic mass is 32.2. The van der Waals surface area contributed by atoms with Crippen LogP contribution in [0.1, 0.15) is 146 Å². The average Bonchev–Trinajstić information content (AvgIpc) is 1.64. The molecule has 150 heavy (non-hydrogen) atoms. The lowest BCUT2D eigenvalue weighted by Gasteiger charge is -2.40. The number of rotatable bonds is 30. The number of carbonyl (C=O) groups is 12. The van der Waals surface area contributed by atoms with E-state index in [1.165, 1.54) is 112 Å². The molecule has 27 atom stereocenters. The van der Waals surface area contributed by atoms with Gasteiger partial charge in [0.1, 0.15) is 134 Å². The molecule has 834 valence electrons. The Bertz CT molecular complexity index is 4580.